The van der Waals surface area contributed by atoms with Crippen LogP contribution in [0.2, 0.25) is 0 Å². The van der Waals surface area contributed by atoms with E-state index < -0.39 is 23.4 Å². The third-order valence-electron chi connectivity index (χ3n) is 5.07. The highest BCUT2D eigenvalue weighted by Crippen LogP contribution is 2.54. The Labute approximate surface area is 146 Å². The van der Waals surface area contributed by atoms with Crippen LogP contribution in [-0.4, -0.2) is 34.9 Å². The molecule has 5 nitrogen and oxygen atoms in total. The standard InChI is InChI=1S/C20H21NO4/c1-10-12-8-6-7-9-13(12)16(22)20-11(2)21-17(24-20)14(15(10)20)18(23)25-19(3,4)5/h6-10,17H,1-5H3/t10?,17-,20-/m0/s1. The largest absolute Gasteiger partial charge is 0.456 e. The lowest BCUT2D eigenvalue weighted by molar-refractivity contribution is -0.150. The van der Waals surface area contributed by atoms with Gasteiger partial charge in [-0.2, -0.15) is 0 Å². The zero-order valence-electron chi connectivity index (χ0n) is 15.0. The molecule has 130 valence electrons. The van der Waals surface area contributed by atoms with E-state index in [1.54, 1.807) is 6.92 Å². The van der Waals surface area contributed by atoms with Gasteiger partial charge in [0.2, 0.25) is 5.78 Å². The summed E-state index contributed by atoms with van der Waals surface area (Å²) >= 11 is 0. The summed E-state index contributed by atoms with van der Waals surface area (Å²) in [7, 11) is 0. The summed E-state index contributed by atoms with van der Waals surface area (Å²) in [6, 6.07) is 7.50. The maximum absolute atomic E-state index is 13.3. The van der Waals surface area contributed by atoms with Crippen LogP contribution in [-0.2, 0) is 14.3 Å². The van der Waals surface area contributed by atoms with Crippen molar-refractivity contribution in [1.82, 2.24) is 0 Å². The molecule has 0 saturated heterocycles. The van der Waals surface area contributed by atoms with E-state index >= 15 is 0 Å². The number of carbonyl (C=O) groups excluding carboxylic acids is 2. The Hall–Kier alpha value is -2.27. The Bertz CT molecular complexity index is 874. The van der Waals surface area contributed by atoms with Crippen molar-refractivity contribution in [2.75, 3.05) is 0 Å². The quantitative estimate of drug-likeness (QED) is 0.737. The van der Waals surface area contributed by atoms with Gasteiger partial charge in [-0.15, -0.1) is 0 Å². The molecule has 1 aromatic carbocycles. The first-order valence-corrected chi connectivity index (χ1v) is 8.51. The molecule has 1 aromatic rings. The van der Waals surface area contributed by atoms with Gasteiger partial charge >= 0.3 is 5.97 Å². The topological polar surface area (TPSA) is 65.0 Å². The van der Waals surface area contributed by atoms with Gasteiger partial charge in [-0.3, -0.25) is 9.79 Å². The number of hydrogen-bond donors (Lipinski definition) is 0. The first-order chi connectivity index (χ1) is 11.7. The number of Topliss-reactive ketones (excluding diaryl/α,β-unsaturated/α-hetero) is 1. The van der Waals surface area contributed by atoms with Crippen LogP contribution in [0, 0.1) is 0 Å². The third-order valence-corrected chi connectivity index (χ3v) is 5.07. The molecule has 0 N–H and O–H groups in total. The zero-order chi connectivity index (χ0) is 18.1. The van der Waals surface area contributed by atoms with Crippen LogP contribution >= 0.6 is 0 Å². The van der Waals surface area contributed by atoms with Gasteiger partial charge in [0.05, 0.1) is 11.3 Å². The van der Waals surface area contributed by atoms with Gasteiger partial charge < -0.3 is 9.47 Å². The molecular formula is C20H21NO4. The number of ketones is 1. The van der Waals surface area contributed by atoms with Crippen LogP contribution < -0.4 is 0 Å². The van der Waals surface area contributed by atoms with E-state index in [2.05, 4.69) is 4.99 Å². The number of dihydropyridines is 1. The normalized spacial score (nSPS) is 30.1. The number of benzene rings is 1. The van der Waals surface area contributed by atoms with Crippen molar-refractivity contribution in [2.45, 2.75) is 58.0 Å². The Balaban J connectivity index is 1.93. The van der Waals surface area contributed by atoms with Crippen molar-refractivity contribution in [3.63, 3.8) is 0 Å². The van der Waals surface area contributed by atoms with E-state index in [0.29, 0.717) is 22.4 Å². The lowest BCUT2D eigenvalue weighted by atomic mass is 9.67. The van der Waals surface area contributed by atoms with Crippen molar-refractivity contribution in [3.05, 3.63) is 46.5 Å². The Morgan fingerprint density at radius 1 is 1.28 bits per heavy atom. The zero-order valence-corrected chi connectivity index (χ0v) is 15.0. The molecule has 0 fully saturated rings. The molecule has 0 saturated carbocycles. The molecule has 1 spiro atoms. The summed E-state index contributed by atoms with van der Waals surface area (Å²) in [4.78, 5) is 30.6. The average molecular weight is 339 g/mol. The van der Waals surface area contributed by atoms with Gasteiger partial charge in [0.1, 0.15) is 5.60 Å². The van der Waals surface area contributed by atoms with Gasteiger partial charge in [-0.05, 0) is 38.8 Å². The number of aliphatic imine (C=N–C) groups is 1. The van der Waals surface area contributed by atoms with Crippen molar-refractivity contribution >= 4 is 17.5 Å². The third kappa shape index (κ3) is 2.02. The highest BCUT2D eigenvalue weighted by atomic mass is 16.6. The Morgan fingerprint density at radius 3 is 2.64 bits per heavy atom. The molecule has 0 radical (unpaired) electrons. The summed E-state index contributed by atoms with van der Waals surface area (Å²) < 4.78 is 11.6. The van der Waals surface area contributed by atoms with Crippen molar-refractivity contribution < 1.29 is 19.1 Å². The van der Waals surface area contributed by atoms with Gasteiger partial charge in [-0.25, -0.2) is 4.79 Å². The van der Waals surface area contributed by atoms with Crippen molar-refractivity contribution in [1.29, 1.82) is 0 Å². The monoisotopic (exact) mass is 339 g/mol. The molecule has 1 unspecified atom stereocenters. The minimum atomic E-state index is -1.25. The molecule has 2 heterocycles. The lowest BCUT2D eigenvalue weighted by Gasteiger charge is -2.37. The first kappa shape index (κ1) is 16.2. The number of nitrogens with zero attached hydrogens (tertiary/aromatic N) is 1. The van der Waals surface area contributed by atoms with E-state index in [-0.39, 0.29) is 11.7 Å². The number of fused-ring (bicyclic) bond motifs is 2. The summed E-state index contributed by atoms with van der Waals surface area (Å²) in [5.41, 5.74) is 1.38. The second kappa shape index (κ2) is 4.88. The fraction of sp³-hybridized carbons (Fsp3) is 0.450. The van der Waals surface area contributed by atoms with E-state index in [1.807, 2.05) is 52.0 Å². The second-order valence-corrected chi connectivity index (χ2v) is 7.83. The van der Waals surface area contributed by atoms with Crippen molar-refractivity contribution in [2.24, 2.45) is 4.99 Å². The Kier molecular flexibility index (Phi) is 3.17. The van der Waals surface area contributed by atoms with E-state index in [4.69, 9.17) is 9.47 Å². The minimum absolute atomic E-state index is 0.119. The van der Waals surface area contributed by atoms with E-state index in [0.717, 1.165) is 5.56 Å². The van der Waals surface area contributed by atoms with Gasteiger partial charge in [-0.1, -0.05) is 31.2 Å². The smallest absolute Gasteiger partial charge is 0.339 e. The molecule has 4 rings (SSSR count). The molecule has 2 aliphatic heterocycles. The molecule has 5 heteroatoms. The van der Waals surface area contributed by atoms with E-state index in [1.165, 1.54) is 0 Å². The van der Waals surface area contributed by atoms with E-state index in [9.17, 15) is 9.59 Å². The first-order valence-electron chi connectivity index (χ1n) is 8.51. The average Bonchev–Trinajstić information content (AvgIpc) is 3.03. The number of hydrogen-bond acceptors (Lipinski definition) is 5. The highest BCUT2D eigenvalue weighted by molar-refractivity contribution is 6.26. The maximum Gasteiger partial charge on any atom is 0.339 e. The van der Waals surface area contributed by atoms with Crippen LogP contribution in [0.5, 0.6) is 0 Å². The van der Waals surface area contributed by atoms with Crippen LogP contribution in [0.25, 0.3) is 0 Å². The summed E-state index contributed by atoms with van der Waals surface area (Å²) in [6.45, 7) is 9.26. The fourth-order valence-corrected chi connectivity index (χ4v) is 4.10. The molecule has 1 aliphatic carbocycles. The van der Waals surface area contributed by atoms with Crippen LogP contribution in [0.3, 0.4) is 0 Å². The Morgan fingerprint density at radius 2 is 1.96 bits per heavy atom. The van der Waals surface area contributed by atoms with Gasteiger partial charge in [0, 0.05) is 11.5 Å². The molecule has 2 bridgehead atoms. The summed E-state index contributed by atoms with van der Waals surface area (Å²) in [5, 5.41) is 0. The lowest BCUT2D eigenvalue weighted by Crippen LogP contribution is -2.50. The second-order valence-electron chi connectivity index (χ2n) is 7.83. The number of esters is 1. The maximum atomic E-state index is 13.3. The van der Waals surface area contributed by atoms with Crippen LogP contribution in [0.15, 0.2) is 40.4 Å². The molecule has 0 aromatic heterocycles. The molecule has 3 atom stereocenters. The predicted molar refractivity (Wildman–Crippen MR) is 92.8 cm³/mol. The molecule has 3 aliphatic rings. The van der Waals surface area contributed by atoms with Gasteiger partial charge in [0.25, 0.3) is 0 Å². The number of rotatable bonds is 1. The fourth-order valence-electron chi connectivity index (χ4n) is 4.10. The highest BCUT2D eigenvalue weighted by Gasteiger charge is 2.64. The molecule has 25 heavy (non-hydrogen) atoms. The van der Waals surface area contributed by atoms with Crippen LogP contribution in [0.4, 0.5) is 0 Å². The molecular weight excluding hydrogens is 318 g/mol. The number of ether oxygens (including phenoxy) is 2. The summed E-state index contributed by atoms with van der Waals surface area (Å²) in [6.07, 6.45) is -0.759. The van der Waals surface area contributed by atoms with Crippen molar-refractivity contribution in [3.8, 4) is 0 Å². The van der Waals surface area contributed by atoms with Crippen LogP contribution in [0.1, 0.15) is 56.5 Å². The predicted octanol–water partition coefficient (Wildman–Crippen LogP) is 3.19. The van der Waals surface area contributed by atoms with Gasteiger partial charge in [0.15, 0.2) is 11.8 Å². The summed E-state index contributed by atoms with van der Waals surface area (Å²) in [5.74, 6) is -0.713. The SMILES string of the molecule is CC1=N[C@H]2O[C@@]13C(=O)c1ccccc1C(C)C3=C2C(=O)OC(C)(C)C. The minimum Gasteiger partial charge on any atom is -0.456 e. The number of carbonyl (C=O) groups is 2. The molecule has 0 amide bonds.